The van der Waals surface area contributed by atoms with Crippen LogP contribution in [0, 0.1) is 0 Å². The average molecular weight is 208 g/mol. The summed E-state index contributed by atoms with van der Waals surface area (Å²) < 4.78 is 9.98. The molecule has 0 radical (unpaired) electrons. The number of rotatable bonds is 3. The van der Waals surface area contributed by atoms with Gasteiger partial charge in [0, 0.05) is 6.92 Å². The van der Waals surface area contributed by atoms with Gasteiger partial charge in [0.05, 0.1) is 13.3 Å². The standard InChI is InChI=1S/C10H12N2O3/c1-7(13)15-10-5-8(6-12-11)3-4-9(10)14-2/h3-6H,11H2,1-2H3. The van der Waals surface area contributed by atoms with E-state index in [1.165, 1.54) is 20.2 Å². The number of nitrogens with zero attached hydrogens (tertiary/aromatic N) is 1. The number of hydrogen-bond acceptors (Lipinski definition) is 5. The van der Waals surface area contributed by atoms with Gasteiger partial charge in [0.15, 0.2) is 11.5 Å². The van der Waals surface area contributed by atoms with Crippen LogP contribution in [0.4, 0.5) is 0 Å². The van der Waals surface area contributed by atoms with Crippen molar-refractivity contribution in [3.8, 4) is 11.5 Å². The number of benzene rings is 1. The Morgan fingerprint density at radius 3 is 2.73 bits per heavy atom. The van der Waals surface area contributed by atoms with Crippen molar-refractivity contribution < 1.29 is 14.3 Å². The Kier molecular flexibility index (Phi) is 3.68. The van der Waals surface area contributed by atoms with Gasteiger partial charge in [0.2, 0.25) is 0 Å². The maximum absolute atomic E-state index is 10.8. The van der Waals surface area contributed by atoms with Crippen LogP contribution in [0.3, 0.4) is 0 Å². The third-order valence-corrected chi connectivity index (χ3v) is 1.66. The van der Waals surface area contributed by atoms with Crippen LogP contribution in [0.25, 0.3) is 0 Å². The van der Waals surface area contributed by atoms with Gasteiger partial charge in [0.25, 0.3) is 0 Å². The quantitative estimate of drug-likeness (QED) is 0.263. The van der Waals surface area contributed by atoms with Gasteiger partial charge in [-0.25, -0.2) is 0 Å². The first-order valence-corrected chi connectivity index (χ1v) is 4.27. The molecule has 1 rings (SSSR count). The predicted octanol–water partition coefficient (Wildman–Crippen LogP) is 0.913. The van der Waals surface area contributed by atoms with Gasteiger partial charge in [-0.1, -0.05) is 0 Å². The molecule has 0 aliphatic rings. The predicted molar refractivity (Wildman–Crippen MR) is 56.1 cm³/mol. The highest BCUT2D eigenvalue weighted by Crippen LogP contribution is 2.27. The molecule has 0 fully saturated rings. The molecule has 5 heteroatoms. The van der Waals surface area contributed by atoms with Crippen molar-refractivity contribution in [2.24, 2.45) is 10.9 Å². The lowest BCUT2D eigenvalue weighted by Gasteiger charge is -2.07. The average Bonchev–Trinajstić information content (AvgIpc) is 2.18. The van der Waals surface area contributed by atoms with Crippen molar-refractivity contribution >= 4 is 12.2 Å². The van der Waals surface area contributed by atoms with E-state index in [1.807, 2.05) is 0 Å². The van der Waals surface area contributed by atoms with Crippen molar-refractivity contribution in [2.45, 2.75) is 6.92 Å². The zero-order valence-corrected chi connectivity index (χ0v) is 8.56. The normalized spacial score (nSPS) is 10.3. The van der Waals surface area contributed by atoms with Crippen LogP contribution < -0.4 is 15.3 Å². The summed E-state index contributed by atoms with van der Waals surface area (Å²) in [5.41, 5.74) is 0.731. The zero-order valence-electron chi connectivity index (χ0n) is 8.56. The molecule has 5 nitrogen and oxygen atoms in total. The SMILES string of the molecule is COc1ccc(C=NN)cc1OC(C)=O. The number of carbonyl (C=O) groups is 1. The Balaban J connectivity index is 3.06. The van der Waals surface area contributed by atoms with Crippen LogP contribution >= 0.6 is 0 Å². The largest absolute Gasteiger partial charge is 0.493 e. The molecule has 0 aliphatic carbocycles. The van der Waals surface area contributed by atoms with Crippen LogP contribution in [-0.4, -0.2) is 19.3 Å². The van der Waals surface area contributed by atoms with E-state index < -0.39 is 5.97 Å². The Bertz CT molecular complexity index is 388. The smallest absolute Gasteiger partial charge is 0.308 e. The summed E-state index contributed by atoms with van der Waals surface area (Å²) in [5, 5.41) is 3.38. The molecule has 0 atom stereocenters. The maximum atomic E-state index is 10.8. The number of hydrazone groups is 1. The van der Waals surface area contributed by atoms with Gasteiger partial charge in [0.1, 0.15) is 0 Å². The number of esters is 1. The van der Waals surface area contributed by atoms with Crippen LogP contribution in [0.5, 0.6) is 11.5 Å². The van der Waals surface area contributed by atoms with E-state index in [1.54, 1.807) is 18.2 Å². The topological polar surface area (TPSA) is 73.9 Å². The lowest BCUT2D eigenvalue weighted by Crippen LogP contribution is -2.03. The van der Waals surface area contributed by atoms with Crippen LogP contribution in [0.2, 0.25) is 0 Å². The fourth-order valence-electron chi connectivity index (χ4n) is 1.09. The summed E-state index contributed by atoms with van der Waals surface area (Å²) in [6.45, 7) is 1.32. The van der Waals surface area contributed by atoms with Crippen LogP contribution in [0.15, 0.2) is 23.3 Å². The molecular formula is C10H12N2O3. The number of nitrogens with two attached hydrogens (primary N) is 1. The third-order valence-electron chi connectivity index (χ3n) is 1.66. The molecule has 0 saturated carbocycles. The monoisotopic (exact) mass is 208 g/mol. The van der Waals surface area contributed by atoms with Gasteiger partial charge in [-0.15, -0.1) is 0 Å². The van der Waals surface area contributed by atoms with E-state index in [0.717, 1.165) is 5.56 Å². The van der Waals surface area contributed by atoms with Crippen molar-refractivity contribution in [1.29, 1.82) is 0 Å². The molecule has 1 aromatic carbocycles. The molecule has 0 saturated heterocycles. The van der Waals surface area contributed by atoms with Crippen molar-refractivity contribution in [3.63, 3.8) is 0 Å². The number of carbonyl (C=O) groups excluding carboxylic acids is 1. The Morgan fingerprint density at radius 2 is 2.20 bits per heavy atom. The molecule has 0 spiro atoms. The second-order valence-electron chi connectivity index (χ2n) is 2.78. The maximum Gasteiger partial charge on any atom is 0.308 e. The Morgan fingerprint density at radius 1 is 1.47 bits per heavy atom. The van der Waals surface area contributed by atoms with Gasteiger partial charge < -0.3 is 15.3 Å². The molecule has 80 valence electrons. The lowest BCUT2D eigenvalue weighted by molar-refractivity contribution is -0.132. The fraction of sp³-hybridized carbons (Fsp3) is 0.200. The minimum absolute atomic E-state index is 0.349. The highest BCUT2D eigenvalue weighted by Gasteiger charge is 2.07. The second-order valence-corrected chi connectivity index (χ2v) is 2.78. The second kappa shape index (κ2) is 4.99. The summed E-state index contributed by atoms with van der Waals surface area (Å²) in [6.07, 6.45) is 1.45. The molecule has 0 unspecified atom stereocenters. The van der Waals surface area contributed by atoms with E-state index in [-0.39, 0.29) is 0 Å². The minimum Gasteiger partial charge on any atom is -0.493 e. The van der Waals surface area contributed by atoms with Crippen molar-refractivity contribution in [3.05, 3.63) is 23.8 Å². The number of methoxy groups -OCH3 is 1. The van der Waals surface area contributed by atoms with Gasteiger partial charge in [-0.05, 0) is 23.8 Å². The number of hydrogen-bond donors (Lipinski definition) is 1. The van der Waals surface area contributed by atoms with E-state index in [0.29, 0.717) is 11.5 Å². The first-order chi connectivity index (χ1) is 7.17. The van der Waals surface area contributed by atoms with Crippen LogP contribution in [0.1, 0.15) is 12.5 Å². The van der Waals surface area contributed by atoms with E-state index in [2.05, 4.69) is 5.10 Å². The molecule has 2 N–H and O–H groups in total. The summed E-state index contributed by atoms with van der Waals surface area (Å²) in [5.74, 6) is 5.44. The molecule has 0 aromatic heterocycles. The molecule has 15 heavy (non-hydrogen) atoms. The molecule has 0 amide bonds. The molecule has 0 heterocycles. The summed E-state index contributed by atoms with van der Waals surface area (Å²) in [7, 11) is 1.50. The van der Waals surface area contributed by atoms with Crippen molar-refractivity contribution in [2.75, 3.05) is 7.11 Å². The van der Waals surface area contributed by atoms with E-state index >= 15 is 0 Å². The third kappa shape index (κ3) is 2.98. The number of ether oxygens (including phenoxy) is 2. The summed E-state index contributed by atoms with van der Waals surface area (Å²) in [4.78, 5) is 10.8. The minimum atomic E-state index is -0.407. The van der Waals surface area contributed by atoms with Crippen LogP contribution in [-0.2, 0) is 4.79 Å². The molecular weight excluding hydrogens is 196 g/mol. The van der Waals surface area contributed by atoms with Gasteiger partial charge in [-0.3, -0.25) is 4.79 Å². The zero-order chi connectivity index (χ0) is 11.3. The molecule has 0 aliphatic heterocycles. The van der Waals surface area contributed by atoms with E-state index in [4.69, 9.17) is 15.3 Å². The first kappa shape index (κ1) is 11.0. The molecule has 1 aromatic rings. The summed E-state index contributed by atoms with van der Waals surface area (Å²) >= 11 is 0. The summed E-state index contributed by atoms with van der Waals surface area (Å²) in [6, 6.07) is 5.05. The van der Waals surface area contributed by atoms with E-state index in [9.17, 15) is 4.79 Å². The fourth-order valence-corrected chi connectivity index (χ4v) is 1.09. The lowest BCUT2D eigenvalue weighted by atomic mass is 10.2. The first-order valence-electron chi connectivity index (χ1n) is 4.27. The highest BCUT2D eigenvalue weighted by molar-refractivity contribution is 5.81. The Hall–Kier alpha value is -2.04. The van der Waals surface area contributed by atoms with Gasteiger partial charge >= 0.3 is 5.97 Å². The molecule has 0 bridgehead atoms. The van der Waals surface area contributed by atoms with Crippen molar-refractivity contribution in [1.82, 2.24) is 0 Å². The highest BCUT2D eigenvalue weighted by atomic mass is 16.6. The Labute approximate surface area is 87.5 Å². The van der Waals surface area contributed by atoms with Gasteiger partial charge in [-0.2, -0.15) is 5.10 Å².